The molecule has 0 saturated carbocycles. The van der Waals surface area contributed by atoms with Gasteiger partial charge in [-0.25, -0.2) is 0 Å². The smallest absolute Gasteiger partial charge is 0.251 e. The van der Waals surface area contributed by atoms with Crippen LogP contribution in [0.2, 0.25) is 5.02 Å². The molecule has 5 rings (SSSR count). The van der Waals surface area contributed by atoms with Crippen molar-refractivity contribution in [2.24, 2.45) is 0 Å². The van der Waals surface area contributed by atoms with Crippen LogP contribution in [0.4, 0.5) is 0 Å². The number of fused-ring (bicyclic) bond motifs is 1. The van der Waals surface area contributed by atoms with E-state index in [0.717, 1.165) is 35.5 Å². The number of hydrogen-bond donors (Lipinski definition) is 3. The van der Waals surface area contributed by atoms with Crippen LogP contribution in [0, 0.1) is 0 Å². The fourth-order valence-corrected chi connectivity index (χ4v) is 5.34. The SMILES string of the molecule is CNC[C@H](Cc1ccc(Cl)cc1)NC[C@H](Cc1ccc2ccccc2c1)NC(=O)c1ccc(-c2ccccc2)cc1. The molecule has 0 spiro atoms. The second-order valence-electron chi connectivity index (χ2n) is 10.5. The Labute approximate surface area is 247 Å². The molecule has 2 atom stereocenters. The van der Waals surface area contributed by atoms with Gasteiger partial charge in [0.2, 0.25) is 0 Å². The summed E-state index contributed by atoms with van der Waals surface area (Å²) in [6, 6.07) is 41.0. The lowest BCUT2D eigenvalue weighted by atomic mass is 10.00. The maximum Gasteiger partial charge on any atom is 0.251 e. The third-order valence-corrected chi connectivity index (χ3v) is 7.64. The van der Waals surface area contributed by atoms with Crippen LogP contribution in [-0.4, -0.2) is 38.1 Å². The van der Waals surface area contributed by atoms with Crippen LogP contribution in [-0.2, 0) is 12.8 Å². The van der Waals surface area contributed by atoms with E-state index < -0.39 is 0 Å². The number of carbonyl (C=O) groups is 1. The lowest BCUT2D eigenvalue weighted by molar-refractivity contribution is 0.0935. The number of benzene rings is 5. The first-order chi connectivity index (χ1) is 20.1. The molecule has 5 aromatic carbocycles. The van der Waals surface area contributed by atoms with E-state index >= 15 is 0 Å². The molecule has 4 nitrogen and oxygen atoms in total. The first kappa shape index (κ1) is 28.6. The molecule has 3 N–H and O–H groups in total. The van der Waals surface area contributed by atoms with Crippen LogP contribution in [0.15, 0.2) is 121 Å². The zero-order valence-electron chi connectivity index (χ0n) is 23.3. The Morgan fingerprint density at radius 3 is 2.02 bits per heavy atom. The topological polar surface area (TPSA) is 53.2 Å². The first-order valence-corrected chi connectivity index (χ1v) is 14.5. The molecule has 0 aliphatic carbocycles. The molecule has 0 aliphatic rings. The highest BCUT2D eigenvalue weighted by molar-refractivity contribution is 6.30. The van der Waals surface area contributed by atoms with Crippen molar-refractivity contribution in [1.82, 2.24) is 16.0 Å². The minimum Gasteiger partial charge on any atom is -0.348 e. The molecule has 0 saturated heterocycles. The van der Waals surface area contributed by atoms with Crippen LogP contribution in [0.25, 0.3) is 21.9 Å². The maximum absolute atomic E-state index is 13.4. The van der Waals surface area contributed by atoms with Crippen LogP contribution >= 0.6 is 11.6 Å². The van der Waals surface area contributed by atoms with Gasteiger partial charge in [-0.2, -0.15) is 0 Å². The van der Waals surface area contributed by atoms with Gasteiger partial charge in [-0.1, -0.05) is 109 Å². The van der Waals surface area contributed by atoms with Crippen molar-refractivity contribution < 1.29 is 4.79 Å². The van der Waals surface area contributed by atoms with Gasteiger partial charge in [-0.05, 0) is 77.2 Å². The summed E-state index contributed by atoms with van der Waals surface area (Å²) in [4.78, 5) is 13.4. The van der Waals surface area contributed by atoms with E-state index in [1.165, 1.54) is 21.9 Å². The van der Waals surface area contributed by atoms with Crippen molar-refractivity contribution in [1.29, 1.82) is 0 Å². The fraction of sp³-hybridized carbons (Fsp3) is 0.194. The molecule has 0 radical (unpaired) electrons. The molecule has 0 unspecified atom stereocenters. The Hall–Kier alpha value is -3.96. The second-order valence-corrected chi connectivity index (χ2v) is 10.9. The van der Waals surface area contributed by atoms with Crippen LogP contribution in [0.1, 0.15) is 21.5 Å². The third kappa shape index (κ3) is 8.05. The Kier molecular flexibility index (Phi) is 9.82. The molecule has 5 aromatic rings. The number of carbonyl (C=O) groups excluding carboxylic acids is 1. The fourth-order valence-electron chi connectivity index (χ4n) is 5.21. The monoisotopic (exact) mass is 561 g/mol. The van der Waals surface area contributed by atoms with Crippen molar-refractivity contribution in [3.63, 3.8) is 0 Å². The Morgan fingerprint density at radius 2 is 1.29 bits per heavy atom. The number of rotatable bonds is 12. The summed E-state index contributed by atoms with van der Waals surface area (Å²) in [6.45, 7) is 1.45. The molecule has 5 heteroatoms. The zero-order valence-corrected chi connectivity index (χ0v) is 24.1. The molecule has 208 valence electrons. The standard InChI is InChI=1S/C36H36ClN3O/c1-38-24-34(22-26-12-19-33(37)20-13-26)39-25-35(23-27-11-14-29-9-5-6-10-32(29)21-27)40-36(41)31-17-15-30(16-18-31)28-7-3-2-4-8-28/h2-21,34-35,38-39H,22-25H2,1H3,(H,40,41)/t34-,35-/m0/s1. The van der Waals surface area contributed by atoms with E-state index in [9.17, 15) is 4.79 Å². The van der Waals surface area contributed by atoms with Gasteiger partial charge in [0.05, 0.1) is 0 Å². The largest absolute Gasteiger partial charge is 0.348 e. The van der Waals surface area contributed by atoms with Gasteiger partial charge in [0.15, 0.2) is 0 Å². The summed E-state index contributed by atoms with van der Waals surface area (Å²) < 4.78 is 0. The maximum atomic E-state index is 13.4. The molecular formula is C36H36ClN3O. The van der Waals surface area contributed by atoms with Gasteiger partial charge in [0, 0.05) is 35.8 Å². The molecular weight excluding hydrogens is 526 g/mol. The number of halogens is 1. The van der Waals surface area contributed by atoms with Gasteiger partial charge >= 0.3 is 0 Å². The summed E-state index contributed by atoms with van der Waals surface area (Å²) in [6.07, 6.45) is 1.58. The van der Waals surface area contributed by atoms with Crippen LogP contribution in [0.3, 0.4) is 0 Å². The van der Waals surface area contributed by atoms with Gasteiger partial charge in [-0.3, -0.25) is 4.79 Å². The van der Waals surface area contributed by atoms with Gasteiger partial charge < -0.3 is 16.0 Å². The van der Waals surface area contributed by atoms with Crippen molar-refractivity contribution in [3.05, 3.63) is 143 Å². The molecule has 1 amide bonds. The van der Waals surface area contributed by atoms with E-state index in [4.69, 9.17) is 11.6 Å². The molecule has 0 fully saturated rings. The normalized spacial score (nSPS) is 12.6. The predicted molar refractivity (Wildman–Crippen MR) is 172 cm³/mol. The second kappa shape index (κ2) is 14.1. The Balaban J connectivity index is 1.31. The minimum atomic E-state index is -0.0953. The van der Waals surface area contributed by atoms with Gasteiger partial charge in [0.1, 0.15) is 0 Å². The highest BCUT2D eigenvalue weighted by atomic mass is 35.5. The average molecular weight is 562 g/mol. The van der Waals surface area contributed by atoms with Crippen molar-refractivity contribution >= 4 is 28.3 Å². The van der Waals surface area contributed by atoms with E-state index in [2.05, 4.69) is 82.7 Å². The van der Waals surface area contributed by atoms with Crippen molar-refractivity contribution in [2.45, 2.75) is 24.9 Å². The molecule has 0 heterocycles. The summed E-state index contributed by atoms with van der Waals surface area (Å²) in [7, 11) is 1.96. The number of hydrogen-bond acceptors (Lipinski definition) is 3. The number of nitrogens with one attached hydrogen (secondary N) is 3. The van der Waals surface area contributed by atoms with Gasteiger partial charge in [-0.15, -0.1) is 0 Å². The van der Waals surface area contributed by atoms with E-state index in [-0.39, 0.29) is 18.0 Å². The number of amides is 1. The average Bonchev–Trinajstić information content (AvgIpc) is 3.01. The molecule has 0 bridgehead atoms. The molecule has 0 aliphatic heterocycles. The van der Waals surface area contributed by atoms with Crippen molar-refractivity contribution in [2.75, 3.05) is 20.1 Å². The molecule has 41 heavy (non-hydrogen) atoms. The van der Waals surface area contributed by atoms with Gasteiger partial charge in [0.25, 0.3) is 5.91 Å². The van der Waals surface area contributed by atoms with E-state index in [0.29, 0.717) is 12.1 Å². The van der Waals surface area contributed by atoms with Crippen molar-refractivity contribution in [3.8, 4) is 11.1 Å². The van der Waals surface area contributed by atoms with E-state index in [1.807, 2.05) is 61.6 Å². The van der Waals surface area contributed by atoms with Crippen LogP contribution < -0.4 is 16.0 Å². The highest BCUT2D eigenvalue weighted by Crippen LogP contribution is 2.20. The summed E-state index contributed by atoms with van der Waals surface area (Å²) in [5, 5.41) is 13.5. The Morgan fingerprint density at radius 1 is 0.659 bits per heavy atom. The molecule has 0 aromatic heterocycles. The third-order valence-electron chi connectivity index (χ3n) is 7.38. The lowest BCUT2D eigenvalue weighted by Gasteiger charge is -2.25. The summed E-state index contributed by atoms with van der Waals surface area (Å²) in [5.74, 6) is -0.0694. The number of likely N-dealkylation sites (N-methyl/N-ethyl adjacent to an activating group) is 1. The minimum absolute atomic E-state index is 0.0694. The first-order valence-electron chi connectivity index (χ1n) is 14.1. The summed E-state index contributed by atoms with van der Waals surface area (Å²) >= 11 is 6.10. The van der Waals surface area contributed by atoms with Crippen LogP contribution in [0.5, 0.6) is 0 Å². The lowest BCUT2D eigenvalue weighted by Crippen LogP contribution is -2.48. The van der Waals surface area contributed by atoms with E-state index in [1.54, 1.807) is 0 Å². The quantitative estimate of drug-likeness (QED) is 0.155. The summed E-state index contributed by atoms with van der Waals surface area (Å²) in [5.41, 5.74) is 5.29. The predicted octanol–water partition coefficient (Wildman–Crippen LogP) is 6.92. The zero-order chi connectivity index (χ0) is 28.4. The highest BCUT2D eigenvalue weighted by Gasteiger charge is 2.18. The Bertz CT molecular complexity index is 1550.